The van der Waals surface area contributed by atoms with Gasteiger partial charge in [-0.15, -0.1) is 0 Å². The summed E-state index contributed by atoms with van der Waals surface area (Å²) in [4.78, 5) is 0. The molecule has 2 N–H and O–H groups in total. The van der Waals surface area contributed by atoms with Gasteiger partial charge in [0, 0.05) is 5.92 Å². The van der Waals surface area contributed by atoms with Gasteiger partial charge in [-0.25, -0.2) is 4.39 Å². The maximum atomic E-state index is 14.2. The monoisotopic (exact) mass is 286 g/mol. The number of halogens is 2. The molecule has 1 aromatic carbocycles. The number of hydrogen-bond acceptors (Lipinski definition) is 2. The highest BCUT2D eigenvalue weighted by Gasteiger charge is 2.49. The van der Waals surface area contributed by atoms with Crippen LogP contribution in [0, 0.1) is 11.7 Å². The number of nitrogens with one attached hydrogen (secondary N) is 2. The molecular formula is C12H12ClFN2OS. The quantitative estimate of drug-likeness (QED) is 0.719. The number of rotatable bonds is 0. The molecule has 6 heteroatoms. The van der Waals surface area contributed by atoms with Gasteiger partial charge in [0.1, 0.15) is 5.75 Å². The highest BCUT2D eigenvalue weighted by molar-refractivity contribution is 7.80. The fourth-order valence-corrected chi connectivity index (χ4v) is 3.05. The number of hydrogen-bond donors (Lipinski definition) is 2. The van der Waals surface area contributed by atoms with Gasteiger partial charge in [-0.3, -0.25) is 0 Å². The van der Waals surface area contributed by atoms with E-state index in [4.69, 9.17) is 28.6 Å². The van der Waals surface area contributed by atoms with Gasteiger partial charge in [0.15, 0.2) is 16.7 Å². The maximum Gasteiger partial charge on any atom is 0.184 e. The van der Waals surface area contributed by atoms with Crippen LogP contribution in [0.15, 0.2) is 12.1 Å². The zero-order valence-electron chi connectivity index (χ0n) is 9.88. The Kier molecular flexibility index (Phi) is 2.47. The van der Waals surface area contributed by atoms with Crippen molar-refractivity contribution in [1.29, 1.82) is 0 Å². The highest BCUT2D eigenvalue weighted by atomic mass is 35.5. The smallest absolute Gasteiger partial charge is 0.184 e. The second kappa shape index (κ2) is 3.71. The molecular weight excluding hydrogens is 275 g/mol. The van der Waals surface area contributed by atoms with E-state index in [0.717, 1.165) is 0 Å². The second-order valence-corrected chi connectivity index (χ2v) is 5.66. The van der Waals surface area contributed by atoms with Gasteiger partial charge < -0.3 is 15.4 Å². The van der Waals surface area contributed by atoms with Crippen LogP contribution in [-0.2, 0) is 0 Å². The van der Waals surface area contributed by atoms with E-state index in [2.05, 4.69) is 10.6 Å². The lowest BCUT2D eigenvalue weighted by Crippen LogP contribution is -2.67. The van der Waals surface area contributed by atoms with Crippen molar-refractivity contribution in [2.45, 2.75) is 25.6 Å². The van der Waals surface area contributed by atoms with Crippen molar-refractivity contribution in [3.8, 4) is 5.75 Å². The average molecular weight is 287 g/mol. The lowest BCUT2D eigenvalue weighted by atomic mass is 9.82. The molecule has 3 unspecified atom stereocenters. The largest absolute Gasteiger partial charge is 0.468 e. The third kappa shape index (κ3) is 1.50. The summed E-state index contributed by atoms with van der Waals surface area (Å²) in [7, 11) is 0. The zero-order chi connectivity index (χ0) is 13.1. The highest BCUT2D eigenvalue weighted by Crippen LogP contribution is 2.46. The van der Waals surface area contributed by atoms with Crippen LogP contribution in [0.5, 0.6) is 5.75 Å². The van der Waals surface area contributed by atoms with Gasteiger partial charge in [0.05, 0.1) is 16.6 Å². The van der Waals surface area contributed by atoms with E-state index in [0.29, 0.717) is 16.4 Å². The summed E-state index contributed by atoms with van der Waals surface area (Å²) in [6.07, 6.45) is 0. The molecule has 2 aliphatic heterocycles. The van der Waals surface area contributed by atoms with Gasteiger partial charge in [-0.1, -0.05) is 18.5 Å². The minimum atomic E-state index is -0.625. The lowest BCUT2D eigenvalue weighted by Gasteiger charge is -2.50. The van der Waals surface area contributed by atoms with Crippen molar-refractivity contribution in [2.75, 3.05) is 0 Å². The maximum absolute atomic E-state index is 14.2. The molecule has 0 aliphatic carbocycles. The van der Waals surface area contributed by atoms with Crippen molar-refractivity contribution in [3.63, 3.8) is 0 Å². The third-order valence-corrected chi connectivity index (χ3v) is 4.25. The van der Waals surface area contributed by atoms with Crippen molar-refractivity contribution in [3.05, 3.63) is 28.5 Å². The molecule has 0 saturated carbocycles. The number of fused-ring (bicyclic) bond motifs is 4. The zero-order valence-corrected chi connectivity index (χ0v) is 11.5. The Morgan fingerprint density at radius 2 is 2.22 bits per heavy atom. The minimum absolute atomic E-state index is 0.0182. The van der Waals surface area contributed by atoms with Crippen LogP contribution in [0.4, 0.5) is 4.39 Å². The summed E-state index contributed by atoms with van der Waals surface area (Å²) in [5.41, 5.74) is -0.170. The molecule has 1 fully saturated rings. The number of ether oxygens (including phenoxy) is 1. The SMILES string of the molecule is CC1C2NC(=S)NC1(C)Oc1ccc(Cl)c(F)c12. The minimum Gasteiger partial charge on any atom is -0.468 e. The Labute approximate surface area is 115 Å². The molecule has 1 aromatic rings. The van der Waals surface area contributed by atoms with Crippen molar-refractivity contribution >= 4 is 28.9 Å². The van der Waals surface area contributed by atoms with Crippen molar-refractivity contribution in [1.82, 2.24) is 10.6 Å². The first-order valence-corrected chi connectivity index (χ1v) is 6.46. The molecule has 3 rings (SSSR count). The Morgan fingerprint density at radius 1 is 1.50 bits per heavy atom. The second-order valence-electron chi connectivity index (χ2n) is 4.85. The van der Waals surface area contributed by atoms with Crippen LogP contribution >= 0.6 is 23.8 Å². The fourth-order valence-electron chi connectivity index (χ4n) is 2.56. The Bertz CT molecular complexity index is 553. The molecule has 2 heterocycles. The van der Waals surface area contributed by atoms with E-state index in [-0.39, 0.29) is 17.0 Å². The van der Waals surface area contributed by atoms with E-state index in [9.17, 15) is 4.39 Å². The van der Waals surface area contributed by atoms with Gasteiger partial charge in [-0.05, 0) is 31.3 Å². The van der Waals surface area contributed by atoms with E-state index in [1.54, 1.807) is 6.07 Å². The Hall–Kier alpha value is -1.07. The molecule has 1 saturated heterocycles. The summed E-state index contributed by atoms with van der Waals surface area (Å²) in [5.74, 6) is 0.0833. The summed E-state index contributed by atoms with van der Waals surface area (Å²) < 4.78 is 20.1. The average Bonchev–Trinajstić information content (AvgIpc) is 2.28. The Morgan fingerprint density at radius 3 is 2.94 bits per heavy atom. The van der Waals surface area contributed by atoms with Gasteiger partial charge in [-0.2, -0.15) is 0 Å². The summed E-state index contributed by atoms with van der Waals surface area (Å²) >= 11 is 11.0. The summed E-state index contributed by atoms with van der Waals surface area (Å²) in [5, 5.41) is 6.74. The molecule has 0 spiro atoms. The normalized spacial score (nSPS) is 33.0. The van der Waals surface area contributed by atoms with Crippen LogP contribution in [0.2, 0.25) is 5.02 Å². The molecule has 3 atom stereocenters. The third-order valence-electron chi connectivity index (χ3n) is 3.74. The fraction of sp³-hybridized carbons (Fsp3) is 0.417. The molecule has 0 aromatic heterocycles. The first-order valence-electron chi connectivity index (χ1n) is 5.68. The first kappa shape index (κ1) is 12.0. The van der Waals surface area contributed by atoms with Crippen LogP contribution in [-0.4, -0.2) is 10.8 Å². The summed E-state index contributed by atoms with van der Waals surface area (Å²) in [6, 6.07) is 2.96. The van der Waals surface area contributed by atoms with Crippen LogP contribution in [0.25, 0.3) is 0 Å². The van der Waals surface area contributed by atoms with Gasteiger partial charge >= 0.3 is 0 Å². The topological polar surface area (TPSA) is 33.3 Å². The molecule has 2 aliphatic rings. The first-order chi connectivity index (χ1) is 8.42. The molecule has 96 valence electrons. The van der Waals surface area contributed by atoms with Gasteiger partial charge in [0.2, 0.25) is 0 Å². The molecule has 3 nitrogen and oxygen atoms in total. The molecule has 0 amide bonds. The van der Waals surface area contributed by atoms with E-state index in [1.165, 1.54) is 6.07 Å². The van der Waals surface area contributed by atoms with Crippen molar-refractivity contribution < 1.29 is 9.13 Å². The predicted molar refractivity (Wildman–Crippen MR) is 71.2 cm³/mol. The Balaban J connectivity index is 2.21. The molecule has 18 heavy (non-hydrogen) atoms. The lowest BCUT2D eigenvalue weighted by molar-refractivity contribution is -0.0276. The van der Waals surface area contributed by atoms with E-state index in [1.807, 2.05) is 13.8 Å². The van der Waals surface area contributed by atoms with Gasteiger partial charge in [0.25, 0.3) is 0 Å². The van der Waals surface area contributed by atoms with Crippen LogP contribution in [0.3, 0.4) is 0 Å². The predicted octanol–water partition coefficient (Wildman–Crippen LogP) is 2.74. The summed E-state index contributed by atoms with van der Waals surface area (Å²) in [6.45, 7) is 3.89. The van der Waals surface area contributed by atoms with Crippen LogP contribution in [0.1, 0.15) is 25.5 Å². The van der Waals surface area contributed by atoms with Crippen molar-refractivity contribution in [2.24, 2.45) is 5.92 Å². The number of thiocarbonyl (C=S) groups is 1. The standard InChI is InChI=1S/C12H12ClFN2OS/c1-5-10-8-7(4-3-6(13)9(8)14)17-12(5,2)16-11(18)15-10/h3-5,10H,1-2H3,(H2,15,16,18). The van der Waals surface area contributed by atoms with E-state index >= 15 is 0 Å². The van der Waals surface area contributed by atoms with Crippen LogP contribution < -0.4 is 15.4 Å². The molecule has 0 radical (unpaired) electrons. The number of benzene rings is 1. The van der Waals surface area contributed by atoms with E-state index < -0.39 is 11.5 Å². The molecule has 2 bridgehead atoms.